The van der Waals surface area contributed by atoms with Crippen molar-refractivity contribution in [1.82, 2.24) is 0 Å². The molecule has 0 bridgehead atoms. The average molecular weight is 361 g/mol. The van der Waals surface area contributed by atoms with Crippen LogP contribution in [-0.4, -0.2) is 5.91 Å². The number of hydrogen-bond donors (Lipinski definition) is 0. The van der Waals surface area contributed by atoms with E-state index in [1.54, 1.807) is 9.19 Å². The van der Waals surface area contributed by atoms with E-state index in [9.17, 15) is 4.79 Å². The van der Waals surface area contributed by atoms with Crippen LogP contribution in [0.2, 0.25) is 0 Å². The molecule has 0 radical (unpaired) electrons. The van der Waals surface area contributed by atoms with E-state index in [4.69, 9.17) is 0 Å². The highest BCUT2D eigenvalue weighted by Gasteiger charge is 2.49. The third-order valence-electron chi connectivity index (χ3n) is 3.59. The van der Waals surface area contributed by atoms with Crippen LogP contribution in [0.25, 0.3) is 0 Å². The Morgan fingerprint density at radius 1 is 1.05 bits per heavy atom. The fraction of sp³-hybridized carbons (Fsp3) is 0.0625. The van der Waals surface area contributed by atoms with Gasteiger partial charge >= 0.3 is 0 Å². The number of fused-ring (bicyclic) bond motifs is 1. The Balaban J connectivity index is 2.33. The lowest BCUT2D eigenvalue weighted by molar-refractivity contribution is -0.119. The highest BCUT2D eigenvalue weighted by atomic mass is 127. The Hall–Kier alpha value is -1.62. The molecule has 0 saturated carbocycles. The molecule has 0 aromatic heterocycles. The minimum Gasteiger partial charge on any atom is -0.272 e. The van der Waals surface area contributed by atoms with Gasteiger partial charge in [-0.3, -0.25) is 7.91 Å². The van der Waals surface area contributed by atoms with E-state index in [1.807, 2.05) is 54.6 Å². The van der Waals surface area contributed by atoms with Gasteiger partial charge in [-0.2, -0.15) is 0 Å². The molecule has 2 aromatic carbocycles. The Kier molecular flexibility index (Phi) is 2.93. The van der Waals surface area contributed by atoms with Crippen LogP contribution in [0.4, 0.5) is 5.69 Å². The largest absolute Gasteiger partial charge is 0.272 e. The summed E-state index contributed by atoms with van der Waals surface area (Å²) in [6.45, 7) is 3.92. The molecule has 2 aromatic rings. The van der Waals surface area contributed by atoms with Gasteiger partial charge in [-0.05, 0) is 11.6 Å². The molecule has 3 rings (SSSR count). The summed E-state index contributed by atoms with van der Waals surface area (Å²) < 4.78 is 1.68. The van der Waals surface area contributed by atoms with Crippen molar-refractivity contribution >= 4 is 34.5 Å². The van der Waals surface area contributed by atoms with Crippen molar-refractivity contribution in [3.8, 4) is 0 Å². The maximum absolute atomic E-state index is 12.8. The molecule has 94 valence electrons. The predicted molar refractivity (Wildman–Crippen MR) is 85.4 cm³/mol. The van der Waals surface area contributed by atoms with Crippen molar-refractivity contribution in [3.05, 3.63) is 78.4 Å². The van der Waals surface area contributed by atoms with Gasteiger partial charge in [0.25, 0.3) is 5.91 Å². The number of hydrogen-bond acceptors (Lipinski definition) is 1. The number of carbonyl (C=O) groups is 1. The number of halogens is 1. The number of rotatable bonds is 2. The van der Waals surface area contributed by atoms with E-state index in [2.05, 4.69) is 29.4 Å². The number of amides is 1. The van der Waals surface area contributed by atoms with Crippen LogP contribution in [0.3, 0.4) is 0 Å². The smallest absolute Gasteiger partial charge is 0.254 e. The number of para-hydroxylation sites is 1. The van der Waals surface area contributed by atoms with Crippen molar-refractivity contribution < 1.29 is 4.79 Å². The molecule has 0 spiro atoms. The lowest BCUT2D eigenvalue weighted by Crippen LogP contribution is -2.35. The third kappa shape index (κ3) is 1.57. The summed E-state index contributed by atoms with van der Waals surface area (Å²) >= 11 is 2.06. The van der Waals surface area contributed by atoms with Crippen LogP contribution in [0.5, 0.6) is 0 Å². The van der Waals surface area contributed by atoms with Gasteiger partial charge in [0.1, 0.15) is 5.41 Å². The maximum atomic E-state index is 12.8. The van der Waals surface area contributed by atoms with Gasteiger partial charge in [-0.25, -0.2) is 0 Å². The lowest BCUT2D eigenvalue weighted by atomic mass is 9.75. The predicted octanol–water partition coefficient (Wildman–Crippen LogP) is 3.86. The Morgan fingerprint density at radius 2 is 1.68 bits per heavy atom. The fourth-order valence-electron chi connectivity index (χ4n) is 2.65. The Bertz CT molecular complexity index is 653. The molecule has 1 aliphatic rings. The summed E-state index contributed by atoms with van der Waals surface area (Å²) in [6.07, 6.45) is 1.75. The molecule has 0 aliphatic carbocycles. The highest BCUT2D eigenvalue weighted by Crippen LogP contribution is 2.48. The van der Waals surface area contributed by atoms with Crippen LogP contribution < -0.4 is 3.11 Å². The van der Waals surface area contributed by atoms with Crippen LogP contribution >= 0.6 is 22.9 Å². The molecule has 1 aliphatic heterocycles. The summed E-state index contributed by atoms with van der Waals surface area (Å²) in [5, 5.41) is 0. The Labute approximate surface area is 126 Å². The molecule has 19 heavy (non-hydrogen) atoms. The molecular weight excluding hydrogens is 349 g/mol. The fourth-order valence-corrected chi connectivity index (χ4v) is 3.45. The zero-order valence-corrected chi connectivity index (χ0v) is 12.4. The Morgan fingerprint density at radius 3 is 2.37 bits per heavy atom. The first-order valence-electron chi connectivity index (χ1n) is 6.01. The first kappa shape index (κ1) is 12.4. The SMILES string of the molecule is C=CC1(c2ccccc2)C(=O)N(I)c2ccccc21. The van der Waals surface area contributed by atoms with Crippen molar-refractivity contribution in [1.29, 1.82) is 0 Å². The van der Waals surface area contributed by atoms with Gasteiger partial charge in [-0.1, -0.05) is 54.6 Å². The minimum atomic E-state index is -0.765. The molecule has 1 atom stereocenters. The van der Waals surface area contributed by atoms with Crippen molar-refractivity contribution in [2.75, 3.05) is 3.11 Å². The molecule has 1 heterocycles. The summed E-state index contributed by atoms with van der Waals surface area (Å²) in [4.78, 5) is 12.8. The van der Waals surface area contributed by atoms with Gasteiger partial charge in [0.15, 0.2) is 0 Å². The van der Waals surface area contributed by atoms with Gasteiger partial charge in [0.05, 0.1) is 28.6 Å². The summed E-state index contributed by atoms with van der Waals surface area (Å²) in [5.74, 6) is 0.0375. The standard InChI is InChI=1S/C16H12INO/c1-2-16(12-8-4-3-5-9-12)13-10-6-7-11-14(13)18(17)15(16)19/h2-11H,1H2. The molecule has 0 saturated heterocycles. The maximum Gasteiger partial charge on any atom is 0.254 e. The van der Waals surface area contributed by atoms with E-state index in [0.29, 0.717) is 0 Å². The topological polar surface area (TPSA) is 20.3 Å². The first-order valence-corrected chi connectivity index (χ1v) is 6.97. The van der Waals surface area contributed by atoms with E-state index < -0.39 is 5.41 Å². The van der Waals surface area contributed by atoms with E-state index >= 15 is 0 Å². The van der Waals surface area contributed by atoms with Crippen molar-refractivity contribution in [3.63, 3.8) is 0 Å². The van der Waals surface area contributed by atoms with Crippen LogP contribution in [0, 0.1) is 0 Å². The van der Waals surface area contributed by atoms with Gasteiger partial charge in [0.2, 0.25) is 0 Å². The number of nitrogens with zero attached hydrogens (tertiary/aromatic N) is 1. The van der Waals surface area contributed by atoms with E-state index in [1.165, 1.54) is 0 Å². The van der Waals surface area contributed by atoms with Crippen LogP contribution in [0.15, 0.2) is 67.3 Å². The molecule has 1 amide bonds. The first-order chi connectivity index (χ1) is 9.21. The molecule has 1 unspecified atom stereocenters. The molecule has 0 fully saturated rings. The summed E-state index contributed by atoms with van der Waals surface area (Å²) in [7, 11) is 0. The van der Waals surface area contributed by atoms with E-state index in [0.717, 1.165) is 16.8 Å². The normalized spacial score (nSPS) is 21.3. The molecule has 2 nitrogen and oxygen atoms in total. The van der Waals surface area contributed by atoms with Gasteiger partial charge < -0.3 is 0 Å². The molecule has 0 N–H and O–H groups in total. The molecule has 3 heteroatoms. The quantitative estimate of drug-likeness (QED) is 0.452. The monoisotopic (exact) mass is 361 g/mol. The molecular formula is C16H12INO. The number of carbonyl (C=O) groups excluding carboxylic acids is 1. The van der Waals surface area contributed by atoms with Crippen LogP contribution in [0.1, 0.15) is 11.1 Å². The second-order valence-corrected chi connectivity index (χ2v) is 5.45. The second-order valence-electron chi connectivity index (χ2n) is 4.48. The summed E-state index contributed by atoms with van der Waals surface area (Å²) in [6, 6.07) is 17.7. The highest BCUT2D eigenvalue weighted by molar-refractivity contribution is 14.1. The second kappa shape index (κ2) is 4.49. The average Bonchev–Trinajstić information content (AvgIpc) is 2.70. The van der Waals surface area contributed by atoms with Crippen molar-refractivity contribution in [2.24, 2.45) is 0 Å². The van der Waals surface area contributed by atoms with Gasteiger partial charge in [0, 0.05) is 5.56 Å². The van der Waals surface area contributed by atoms with Crippen molar-refractivity contribution in [2.45, 2.75) is 5.41 Å². The summed E-state index contributed by atoms with van der Waals surface area (Å²) in [5.41, 5.74) is 2.13. The lowest BCUT2D eigenvalue weighted by Gasteiger charge is -2.24. The number of anilines is 1. The van der Waals surface area contributed by atoms with Gasteiger partial charge in [-0.15, -0.1) is 6.58 Å². The minimum absolute atomic E-state index is 0.0375. The zero-order chi connectivity index (χ0) is 13.5. The third-order valence-corrected chi connectivity index (χ3v) is 4.55. The zero-order valence-electron chi connectivity index (χ0n) is 10.2. The van der Waals surface area contributed by atoms with E-state index in [-0.39, 0.29) is 5.91 Å². The number of benzene rings is 2. The van der Waals surface area contributed by atoms with Crippen LogP contribution in [-0.2, 0) is 10.2 Å².